The number of rotatable bonds is 2. The predicted molar refractivity (Wildman–Crippen MR) is 55.3 cm³/mol. The van der Waals surface area contributed by atoms with E-state index in [4.69, 9.17) is 17.0 Å². The van der Waals surface area contributed by atoms with E-state index in [9.17, 15) is 4.39 Å². The third-order valence-electron chi connectivity index (χ3n) is 1.97. The summed E-state index contributed by atoms with van der Waals surface area (Å²) in [4.78, 5) is 0. The molecule has 0 aliphatic rings. The van der Waals surface area contributed by atoms with E-state index >= 15 is 0 Å². The average Bonchev–Trinajstić information content (AvgIpc) is 2.65. The van der Waals surface area contributed by atoms with Crippen molar-refractivity contribution in [2.24, 2.45) is 0 Å². The minimum absolute atomic E-state index is 0.176. The van der Waals surface area contributed by atoms with Crippen molar-refractivity contribution in [3.05, 3.63) is 35.1 Å². The van der Waals surface area contributed by atoms with Crippen LogP contribution in [0.1, 0.15) is 0 Å². The Labute approximate surface area is 90.3 Å². The molecule has 0 aliphatic carbocycles. The first-order valence-corrected chi connectivity index (χ1v) is 4.59. The first kappa shape index (κ1) is 9.85. The highest BCUT2D eigenvalue weighted by atomic mass is 32.1. The van der Waals surface area contributed by atoms with Crippen molar-refractivity contribution < 1.29 is 9.13 Å². The summed E-state index contributed by atoms with van der Waals surface area (Å²) in [6.45, 7) is 0. The molecular weight excluding hydrogens is 217 g/mol. The molecule has 1 aromatic carbocycles. The summed E-state index contributed by atoms with van der Waals surface area (Å²) < 4.78 is 20.1. The van der Waals surface area contributed by atoms with Crippen molar-refractivity contribution in [1.82, 2.24) is 14.8 Å². The second-order valence-electron chi connectivity index (χ2n) is 2.85. The molecule has 0 saturated carbocycles. The third-order valence-corrected chi connectivity index (χ3v) is 2.25. The molecule has 0 radical (unpaired) electrons. The van der Waals surface area contributed by atoms with Crippen molar-refractivity contribution in [3.8, 4) is 11.4 Å². The van der Waals surface area contributed by atoms with Gasteiger partial charge in [-0.25, -0.2) is 4.39 Å². The van der Waals surface area contributed by atoms with Gasteiger partial charge in [-0.15, -0.1) is 0 Å². The number of aromatic amines is 1. The Bertz CT molecular complexity index is 534. The van der Waals surface area contributed by atoms with E-state index in [1.54, 1.807) is 16.7 Å². The third kappa shape index (κ3) is 1.75. The van der Waals surface area contributed by atoms with Gasteiger partial charge in [0.2, 0.25) is 0 Å². The van der Waals surface area contributed by atoms with Crippen molar-refractivity contribution in [3.63, 3.8) is 0 Å². The summed E-state index contributed by atoms with van der Waals surface area (Å²) in [5.41, 5.74) is 0.701. The lowest BCUT2D eigenvalue weighted by molar-refractivity contribution is 0.386. The number of hydrogen-bond acceptors (Lipinski definition) is 3. The van der Waals surface area contributed by atoms with Gasteiger partial charge in [0.15, 0.2) is 16.3 Å². The van der Waals surface area contributed by atoms with Crippen LogP contribution in [0.25, 0.3) is 5.69 Å². The number of H-pyrrole nitrogens is 1. The van der Waals surface area contributed by atoms with Gasteiger partial charge in [0.25, 0.3) is 0 Å². The maximum Gasteiger partial charge on any atom is 0.199 e. The molecule has 0 fully saturated rings. The van der Waals surface area contributed by atoms with E-state index in [2.05, 4.69) is 10.2 Å². The fraction of sp³-hybridized carbons (Fsp3) is 0.111. The number of aromatic nitrogens is 3. The van der Waals surface area contributed by atoms with Crippen molar-refractivity contribution in [1.29, 1.82) is 0 Å². The lowest BCUT2D eigenvalue weighted by atomic mass is 10.3. The molecule has 1 heterocycles. The Morgan fingerprint density at radius 3 is 2.93 bits per heavy atom. The quantitative estimate of drug-likeness (QED) is 0.796. The van der Waals surface area contributed by atoms with Crippen LogP contribution in [0.5, 0.6) is 5.75 Å². The maximum absolute atomic E-state index is 13.1. The molecule has 0 aliphatic heterocycles. The summed E-state index contributed by atoms with van der Waals surface area (Å²) in [6, 6.07) is 4.48. The second-order valence-corrected chi connectivity index (χ2v) is 3.24. The van der Waals surface area contributed by atoms with Crippen LogP contribution in [0.15, 0.2) is 24.5 Å². The molecule has 0 bridgehead atoms. The smallest absolute Gasteiger partial charge is 0.199 e. The highest BCUT2D eigenvalue weighted by Gasteiger charge is 2.05. The zero-order chi connectivity index (χ0) is 10.8. The molecule has 15 heavy (non-hydrogen) atoms. The average molecular weight is 225 g/mol. The Morgan fingerprint density at radius 1 is 1.53 bits per heavy atom. The van der Waals surface area contributed by atoms with Gasteiger partial charge in [-0.05, 0) is 24.4 Å². The topological polar surface area (TPSA) is 42.8 Å². The van der Waals surface area contributed by atoms with E-state index < -0.39 is 5.82 Å². The zero-order valence-corrected chi connectivity index (χ0v) is 8.71. The maximum atomic E-state index is 13.1. The van der Waals surface area contributed by atoms with Crippen LogP contribution in [-0.2, 0) is 0 Å². The zero-order valence-electron chi connectivity index (χ0n) is 7.90. The van der Waals surface area contributed by atoms with Gasteiger partial charge in [-0.2, -0.15) is 5.10 Å². The van der Waals surface area contributed by atoms with Gasteiger partial charge in [0.1, 0.15) is 6.33 Å². The lowest BCUT2D eigenvalue weighted by Crippen LogP contribution is -1.95. The van der Waals surface area contributed by atoms with Crippen LogP contribution < -0.4 is 4.74 Å². The van der Waals surface area contributed by atoms with Crippen molar-refractivity contribution in [2.45, 2.75) is 0 Å². The molecule has 0 saturated heterocycles. The monoisotopic (exact) mass is 225 g/mol. The fourth-order valence-electron chi connectivity index (χ4n) is 1.23. The molecule has 0 unspecified atom stereocenters. The Balaban J connectivity index is 2.55. The molecule has 0 amide bonds. The molecule has 2 aromatic rings. The van der Waals surface area contributed by atoms with E-state index in [-0.39, 0.29) is 5.75 Å². The molecular formula is C9H8FN3OS. The van der Waals surface area contributed by atoms with Gasteiger partial charge >= 0.3 is 0 Å². The number of halogens is 1. The normalized spacial score (nSPS) is 10.3. The molecule has 0 spiro atoms. The minimum Gasteiger partial charge on any atom is -0.494 e. The standard InChI is InChI=1S/C9H8FN3OS/c1-14-8-4-6(2-3-7(8)10)13-5-11-12-9(13)15/h2-5H,1H3,(H,12,15). The van der Waals surface area contributed by atoms with Crippen LogP contribution in [0.3, 0.4) is 0 Å². The minimum atomic E-state index is -0.406. The van der Waals surface area contributed by atoms with E-state index in [1.165, 1.54) is 19.5 Å². The first-order chi connectivity index (χ1) is 7.22. The lowest BCUT2D eigenvalue weighted by Gasteiger charge is -2.05. The van der Waals surface area contributed by atoms with Gasteiger partial charge in [0, 0.05) is 6.07 Å². The molecule has 2 rings (SSSR count). The number of nitrogens with zero attached hydrogens (tertiary/aromatic N) is 2. The number of methoxy groups -OCH3 is 1. The number of hydrogen-bond donors (Lipinski definition) is 1. The second kappa shape index (κ2) is 3.82. The largest absolute Gasteiger partial charge is 0.494 e. The van der Waals surface area contributed by atoms with Crippen LogP contribution in [0.4, 0.5) is 4.39 Å². The molecule has 1 N–H and O–H groups in total. The molecule has 1 aromatic heterocycles. The fourth-order valence-corrected chi connectivity index (χ4v) is 1.44. The van der Waals surface area contributed by atoms with Crippen LogP contribution in [0.2, 0.25) is 0 Å². The van der Waals surface area contributed by atoms with Crippen molar-refractivity contribution >= 4 is 12.2 Å². The van der Waals surface area contributed by atoms with Gasteiger partial charge in [-0.1, -0.05) is 0 Å². The van der Waals surface area contributed by atoms with E-state index in [1.807, 2.05) is 0 Å². The Hall–Kier alpha value is -1.69. The SMILES string of the molecule is COc1cc(-n2cn[nH]c2=S)ccc1F. The predicted octanol–water partition coefficient (Wildman–Crippen LogP) is 2.08. The van der Waals surface area contributed by atoms with Crippen LogP contribution >= 0.6 is 12.2 Å². The summed E-state index contributed by atoms with van der Waals surface area (Å²) in [7, 11) is 1.41. The summed E-state index contributed by atoms with van der Waals surface area (Å²) >= 11 is 4.99. The summed E-state index contributed by atoms with van der Waals surface area (Å²) in [5, 5.41) is 6.39. The van der Waals surface area contributed by atoms with E-state index in [0.717, 1.165) is 0 Å². The van der Waals surface area contributed by atoms with Gasteiger partial charge in [0.05, 0.1) is 12.8 Å². The number of nitrogens with one attached hydrogen (secondary N) is 1. The summed E-state index contributed by atoms with van der Waals surface area (Å²) in [6.07, 6.45) is 1.52. The summed E-state index contributed by atoms with van der Waals surface area (Å²) in [5.74, 6) is -0.230. The molecule has 78 valence electrons. The highest BCUT2D eigenvalue weighted by molar-refractivity contribution is 7.71. The molecule has 4 nitrogen and oxygen atoms in total. The van der Waals surface area contributed by atoms with Crippen molar-refractivity contribution in [2.75, 3.05) is 7.11 Å². The van der Waals surface area contributed by atoms with Crippen LogP contribution in [-0.4, -0.2) is 21.9 Å². The number of benzene rings is 1. The molecule has 6 heteroatoms. The first-order valence-electron chi connectivity index (χ1n) is 4.18. The number of ether oxygens (including phenoxy) is 1. The highest BCUT2D eigenvalue weighted by Crippen LogP contribution is 2.20. The Morgan fingerprint density at radius 2 is 2.33 bits per heavy atom. The Kier molecular flexibility index (Phi) is 2.51. The van der Waals surface area contributed by atoms with E-state index in [0.29, 0.717) is 10.5 Å². The van der Waals surface area contributed by atoms with Gasteiger partial charge in [-0.3, -0.25) is 9.67 Å². The molecule has 0 atom stereocenters. The van der Waals surface area contributed by atoms with Crippen LogP contribution in [0, 0.1) is 10.6 Å². The van der Waals surface area contributed by atoms with Gasteiger partial charge < -0.3 is 4.74 Å².